The second-order valence-electron chi connectivity index (χ2n) is 5.96. The Bertz CT molecular complexity index is 975. The number of rotatable bonds is 8. The molecule has 2 aromatic heterocycles. The summed E-state index contributed by atoms with van der Waals surface area (Å²) in [6.07, 6.45) is 3.92. The van der Waals surface area contributed by atoms with Crippen molar-refractivity contribution in [2.24, 2.45) is 0 Å². The molecule has 0 bridgehead atoms. The molecule has 1 aromatic carbocycles. The molecule has 144 valence electrons. The maximum Gasteiger partial charge on any atom is 0.266 e. The van der Waals surface area contributed by atoms with E-state index in [0.717, 1.165) is 5.56 Å². The fourth-order valence-corrected chi connectivity index (χ4v) is 2.60. The van der Waals surface area contributed by atoms with Gasteiger partial charge in [-0.15, -0.1) is 0 Å². The van der Waals surface area contributed by atoms with Crippen molar-refractivity contribution in [1.29, 1.82) is 0 Å². The average Bonchev–Trinajstić information content (AvgIpc) is 2.72. The SMILES string of the molecule is O=C(COc1ccc(Cl)cc1)NCCCn1nc(-c2ccncc2)ccc1=O. The van der Waals surface area contributed by atoms with Crippen molar-refractivity contribution in [3.8, 4) is 17.0 Å². The number of pyridine rings is 1. The molecule has 0 atom stereocenters. The van der Waals surface area contributed by atoms with Crippen molar-refractivity contribution in [2.75, 3.05) is 13.2 Å². The van der Waals surface area contributed by atoms with Crippen molar-refractivity contribution in [3.63, 3.8) is 0 Å². The van der Waals surface area contributed by atoms with Crippen LogP contribution in [0.2, 0.25) is 5.02 Å². The van der Waals surface area contributed by atoms with E-state index in [1.54, 1.807) is 42.7 Å². The Kier molecular flexibility index (Phi) is 6.75. The molecule has 0 fully saturated rings. The number of aryl methyl sites for hydroxylation is 1. The van der Waals surface area contributed by atoms with Crippen LogP contribution in [0.5, 0.6) is 5.75 Å². The number of aromatic nitrogens is 3. The van der Waals surface area contributed by atoms with Gasteiger partial charge in [-0.3, -0.25) is 14.6 Å². The van der Waals surface area contributed by atoms with Crippen LogP contribution in [0.1, 0.15) is 6.42 Å². The molecule has 2 heterocycles. The van der Waals surface area contributed by atoms with Gasteiger partial charge >= 0.3 is 0 Å². The van der Waals surface area contributed by atoms with Crippen LogP contribution in [0, 0.1) is 0 Å². The van der Waals surface area contributed by atoms with Gasteiger partial charge in [0.25, 0.3) is 11.5 Å². The van der Waals surface area contributed by atoms with E-state index in [1.807, 2.05) is 12.1 Å². The quantitative estimate of drug-likeness (QED) is 0.589. The Labute approximate surface area is 166 Å². The van der Waals surface area contributed by atoms with E-state index in [0.29, 0.717) is 36.0 Å². The second kappa shape index (κ2) is 9.66. The first kappa shape index (κ1) is 19.6. The van der Waals surface area contributed by atoms with Gasteiger partial charge in [-0.05, 0) is 48.9 Å². The summed E-state index contributed by atoms with van der Waals surface area (Å²) in [5.41, 5.74) is 1.40. The molecule has 1 amide bonds. The molecule has 0 aliphatic heterocycles. The van der Waals surface area contributed by atoms with Gasteiger partial charge in [0.2, 0.25) is 0 Å². The lowest BCUT2D eigenvalue weighted by Gasteiger charge is -2.09. The molecule has 7 nitrogen and oxygen atoms in total. The molecule has 3 aromatic rings. The Morgan fingerprint density at radius 3 is 2.57 bits per heavy atom. The summed E-state index contributed by atoms with van der Waals surface area (Å²) in [4.78, 5) is 27.8. The van der Waals surface area contributed by atoms with Crippen molar-refractivity contribution < 1.29 is 9.53 Å². The van der Waals surface area contributed by atoms with Crippen LogP contribution in [0.3, 0.4) is 0 Å². The minimum Gasteiger partial charge on any atom is -0.484 e. The first-order valence-electron chi connectivity index (χ1n) is 8.75. The van der Waals surface area contributed by atoms with Crippen LogP contribution in [-0.4, -0.2) is 33.8 Å². The number of amides is 1. The number of hydrogen-bond acceptors (Lipinski definition) is 5. The van der Waals surface area contributed by atoms with Gasteiger partial charge in [-0.25, -0.2) is 4.68 Å². The number of hydrogen-bond donors (Lipinski definition) is 1. The molecular formula is C20H19ClN4O3. The van der Waals surface area contributed by atoms with E-state index < -0.39 is 0 Å². The number of halogens is 1. The van der Waals surface area contributed by atoms with Gasteiger partial charge in [0.1, 0.15) is 5.75 Å². The lowest BCUT2D eigenvalue weighted by Crippen LogP contribution is -2.31. The maximum atomic E-state index is 12.0. The summed E-state index contributed by atoms with van der Waals surface area (Å²) in [6.45, 7) is 0.726. The number of carbonyl (C=O) groups excluding carboxylic acids is 1. The topological polar surface area (TPSA) is 86.1 Å². The third-order valence-corrected chi connectivity index (χ3v) is 4.15. The Morgan fingerprint density at radius 2 is 1.82 bits per heavy atom. The number of carbonyl (C=O) groups is 1. The molecule has 1 N–H and O–H groups in total. The van der Waals surface area contributed by atoms with Gasteiger partial charge < -0.3 is 10.1 Å². The zero-order valence-electron chi connectivity index (χ0n) is 15.0. The van der Waals surface area contributed by atoms with Gasteiger partial charge in [0, 0.05) is 42.1 Å². The smallest absolute Gasteiger partial charge is 0.266 e. The van der Waals surface area contributed by atoms with Crippen molar-refractivity contribution in [3.05, 3.63) is 76.3 Å². The second-order valence-corrected chi connectivity index (χ2v) is 6.40. The summed E-state index contributed by atoms with van der Waals surface area (Å²) in [6, 6.07) is 13.6. The third-order valence-electron chi connectivity index (χ3n) is 3.90. The zero-order chi connectivity index (χ0) is 19.8. The fraction of sp³-hybridized carbons (Fsp3) is 0.200. The Balaban J connectivity index is 1.45. The predicted molar refractivity (Wildman–Crippen MR) is 106 cm³/mol. The molecular weight excluding hydrogens is 380 g/mol. The number of ether oxygens (including phenoxy) is 1. The molecule has 0 saturated heterocycles. The highest BCUT2D eigenvalue weighted by molar-refractivity contribution is 6.30. The van der Waals surface area contributed by atoms with E-state index in [1.165, 1.54) is 10.7 Å². The van der Waals surface area contributed by atoms with E-state index in [2.05, 4.69) is 15.4 Å². The van der Waals surface area contributed by atoms with E-state index in [4.69, 9.17) is 16.3 Å². The molecule has 0 radical (unpaired) electrons. The Hall–Kier alpha value is -3.19. The number of nitrogens with one attached hydrogen (secondary N) is 1. The average molecular weight is 399 g/mol. The van der Waals surface area contributed by atoms with Crippen LogP contribution in [-0.2, 0) is 11.3 Å². The summed E-state index contributed by atoms with van der Waals surface area (Å²) < 4.78 is 6.77. The fourth-order valence-electron chi connectivity index (χ4n) is 2.47. The molecule has 28 heavy (non-hydrogen) atoms. The van der Waals surface area contributed by atoms with Crippen LogP contribution in [0.15, 0.2) is 65.7 Å². The standard InChI is InChI=1S/C20H19ClN4O3/c21-16-2-4-17(5-3-16)28-14-19(26)23-10-1-13-25-20(27)7-6-18(24-25)15-8-11-22-12-9-15/h2-9,11-12H,1,10,13-14H2,(H,23,26). The van der Waals surface area contributed by atoms with Gasteiger partial charge in [-0.2, -0.15) is 5.10 Å². The maximum absolute atomic E-state index is 12.0. The molecule has 8 heteroatoms. The highest BCUT2D eigenvalue weighted by atomic mass is 35.5. The van der Waals surface area contributed by atoms with E-state index in [-0.39, 0.29) is 18.1 Å². The van der Waals surface area contributed by atoms with Crippen LogP contribution in [0.4, 0.5) is 0 Å². The lowest BCUT2D eigenvalue weighted by atomic mass is 10.2. The molecule has 0 spiro atoms. The van der Waals surface area contributed by atoms with Crippen LogP contribution in [0.25, 0.3) is 11.3 Å². The minimum atomic E-state index is -0.235. The van der Waals surface area contributed by atoms with Crippen LogP contribution < -0.4 is 15.6 Å². The van der Waals surface area contributed by atoms with Crippen molar-refractivity contribution in [2.45, 2.75) is 13.0 Å². The van der Waals surface area contributed by atoms with Crippen molar-refractivity contribution >= 4 is 17.5 Å². The van der Waals surface area contributed by atoms with Crippen LogP contribution >= 0.6 is 11.6 Å². The summed E-state index contributed by atoms with van der Waals surface area (Å²) in [5, 5.41) is 7.73. The largest absolute Gasteiger partial charge is 0.484 e. The number of benzene rings is 1. The predicted octanol–water partition coefficient (Wildman–Crippen LogP) is 2.54. The van der Waals surface area contributed by atoms with Crippen molar-refractivity contribution in [1.82, 2.24) is 20.1 Å². The first-order chi connectivity index (χ1) is 13.6. The molecule has 0 unspecified atom stereocenters. The first-order valence-corrected chi connectivity index (χ1v) is 9.13. The third kappa shape index (κ3) is 5.65. The van der Waals surface area contributed by atoms with E-state index >= 15 is 0 Å². The van der Waals surface area contributed by atoms with E-state index in [9.17, 15) is 9.59 Å². The minimum absolute atomic E-state index is 0.0860. The monoisotopic (exact) mass is 398 g/mol. The molecule has 0 saturated carbocycles. The molecule has 0 aliphatic carbocycles. The lowest BCUT2D eigenvalue weighted by molar-refractivity contribution is -0.123. The Morgan fingerprint density at radius 1 is 1.07 bits per heavy atom. The molecule has 3 rings (SSSR count). The highest BCUT2D eigenvalue weighted by Crippen LogP contribution is 2.15. The molecule has 0 aliphatic rings. The summed E-state index contributed by atoms with van der Waals surface area (Å²) >= 11 is 5.80. The summed E-state index contributed by atoms with van der Waals surface area (Å²) in [5.74, 6) is 0.337. The normalized spacial score (nSPS) is 10.5. The van der Waals surface area contributed by atoms with Gasteiger partial charge in [-0.1, -0.05) is 11.6 Å². The number of nitrogens with zero attached hydrogens (tertiary/aromatic N) is 3. The highest BCUT2D eigenvalue weighted by Gasteiger charge is 2.05. The van der Waals surface area contributed by atoms with Gasteiger partial charge in [0.05, 0.1) is 5.69 Å². The summed E-state index contributed by atoms with van der Waals surface area (Å²) in [7, 11) is 0. The van der Waals surface area contributed by atoms with Gasteiger partial charge in [0.15, 0.2) is 6.61 Å². The zero-order valence-corrected chi connectivity index (χ0v) is 15.8.